The molecule has 2 aromatic rings. The number of fused-ring (bicyclic) bond motifs is 3. The van der Waals surface area contributed by atoms with Crippen molar-refractivity contribution in [2.24, 2.45) is 0 Å². The van der Waals surface area contributed by atoms with E-state index in [-0.39, 0.29) is 0 Å². The summed E-state index contributed by atoms with van der Waals surface area (Å²) >= 11 is 7.98. The van der Waals surface area contributed by atoms with Crippen LogP contribution >= 0.6 is 22.9 Å². The van der Waals surface area contributed by atoms with Crippen molar-refractivity contribution in [1.29, 1.82) is 0 Å². The Kier molecular flexibility index (Phi) is 2.45. The fraction of sp³-hybridized carbons (Fsp3) is 0.333. The number of aldehydes is 1. The largest absolute Gasteiger partial charge is 0.298 e. The Balaban J connectivity index is 2.36. The Morgan fingerprint density at radius 3 is 3.00 bits per heavy atom. The third-order valence-electron chi connectivity index (χ3n) is 3.07. The number of aromatic nitrogens is 1. The lowest BCUT2D eigenvalue weighted by Gasteiger charge is -2.10. The lowest BCUT2D eigenvalue weighted by Crippen LogP contribution is -1.98. The number of hydrogen-bond acceptors (Lipinski definition) is 3. The molecule has 0 amide bonds. The molecule has 16 heavy (non-hydrogen) atoms. The van der Waals surface area contributed by atoms with E-state index in [4.69, 9.17) is 11.6 Å². The fourth-order valence-corrected chi connectivity index (χ4v) is 3.87. The van der Waals surface area contributed by atoms with Crippen molar-refractivity contribution < 1.29 is 4.79 Å². The van der Waals surface area contributed by atoms with E-state index in [0.717, 1.165) is 29.3 Å². The zero-order chi connectivity index (χ0) is 11.1. The second-order valence-corrected chi connectivity index (χ2v) is 5.50. The normalized spacial score (nSPS) is 15.1. The molecule has 0 radical (unpaired) electrons. The van der Waals surface area contributed by atoms with Crippen molar-refractivity contribution >= 4 is 39.4 Å². The summed E-state index contributed by atoms with van der Waals surface area (Å²) in [5.74, 6) is 0. The molecule has 0 saturated carbocycles. The van der Waals surface area contributed by atoms with Crippen LogP contribution in [0.15, 0.2) is 6.20 Å². The topological polar surface area (TPSA) is 30.0 Å². The molecule has 0 atom stereocenters. The van der Waals surface area contributed by atoms with Gasteiger partial charge in [-0.3, -0.25) is 4.79 Å². The van der Waals surface area contributed by atoms with Crippen molar-refractivity contribution in [3.05, 3.63) is 27.2 Å². The van der Waals surface area contributed by atoms with Crippen molar-refractivity contribution in [2.45, 2.75) is 25.7 Å². The van der Waals surface area contributed by atoms with Gasteiger partial charge < -0.3 is 0 Å². The van der Waals surface area contributed by atoms with Gasteiger partial charge in [-0.1, -0.05) is 11.6 Å². The first-order valence-corrected chi connectivity index (χ1v) is 6.54. The molecule has 0 aromatic carbocycles. The summed E-state index contributed by atoms with van der Waals surface area (Å²) in [6, 6.07) is 0. The van der Waals surface area contributed by atoms with Crippen LogP contribution in [0.25, 0.3) is 10.2 Å². The minimum atomic E-state index is 0.500. The van der Waals surface area contributed by atoms with E-state index in [1.165, 1.54) is 23.3 Å². The predicted molar refractivity (Wildman–Crippen MR) is 66.7 cm³/mol. The van der Waals surface area contributed by atoms with Gasteiger partial charge in [0, 0.05) is 16.5 Å². The summed E-state index contributed by atoms with van der Waals surface area (Å²) in [5, 5.41) is 1.60. The summed E-state index contributed by atoms with van der Waals surface area (Å²) in [7, 11) is 0. The number of hydrogen-bond donors (Lipinski definition) is 0. The summed E-state index contributed by atoms with van der Waals surface area (Å²) in [6.45, 7) is 0. The molecular formula is C12H10ClNOS. The minimum absolute atomic E-state index is 0.500. The fourth-order valence-electron chi connectivity index (χ4n) is 2.28. The van der Waals surface area contributed by atoms with Gasteiger partial charge in [0.25, 0.3) is 0 Å². The van der Waals surface area contributed by atoms with E-state index in [9.17, 15) is 4.79 Å². The van der Waals surface area contributed by atoms with Crippen molar-refractivity contribution in [1.82, 2.24) is 4.98 Å². The zero-order valence-corrected chi connectivity index (χ0v) is 10.2. The first-order valence-electron chi connectivity index (χ1n) is 5.35. The van der Waals surface area contributed by atoms with Crippen molar-refractivity contribution in [3.8, 4) is 0 Å². The predicted octanol–water partition coefficient (Wildman–Crippen LogP) is 3.64. The molecule has 0 spiro atoms. The van der Waals surface area contributed by atoms with E-state index in [0.29, 0.717) is 10.6 Å². The molecule has 2 nitrogen and oxygen atoms in total. The monoisotopic (exact) mass is 251 g/mol. The average molecular weight is 252 g/mol. The molecule has 2 heterocycles. The van der Waals surface area contributed by atoms with E-state index in [1.807, 2.05) is 0 Å². The van der Waals surface area contributed by atoms with Crippen LogP contribution in [0.4, 0.5) is 0 Å². The number of pyridine rings is 1. The number of nitrogens with zero attached hydrogens (tertiary/aromatic N) is 1. The minimum Gasteiger partial charge on any atom is -0.298 e. The van der Waals surface area contributed by atoms with Gasteiger partial charge in [-0.05, 0) is 31.2 Å². The lowest BCUT2D eigenvalue weighted by atomic mass is 9.96. The van der Waals surface area contributed by atoms with Gasteiger partial charge in [-0.25, -0.2) is 4.98 Å². The maximum atomic E-state index is 10.8. The second-order valence-electron chi connectivity index (χ2n) is 4.04. The Hall–Kier alpha value is -0.930. The third kappa shape index (κ3) is 1.39. The highest BCUT2D eigenvalue weighted by Gasteiger charge is 2.19. The number of thiophene rings is 1. The first kappa shape index (κ1) is 10.2. The molecule has 0 saturated heterocycles. The molecule has 2 aromatic heterocycles. The Morgan fingerprint density at radius 2 is 2.19 bits per heavy atom. The highest BCUT2D eigenvalue weighted by Crippen LogP contribution is 2.39. The lowest BCUT2D eigenvalue weighted by molar-refractivity contribution is 0.112. The first-order chi connectivity index (χ1) is 7.81. The van der Waals surface area contributed by atoms with Crippen LogP contribution in [-0.2, 0) is 12.8 Å². The van der Waals surface area contributed by atoms with Gasteiger partial charge in [-0.15, -0.1) is 11.3 Å². The summed E-state index contributed by atoms with van der Waals surface area (Å²) in [6.07, 6.45) is 7.00. The van der Waals surface area contributed by atoms with Crippen LogP contribution in [0.5, 0.6) is 0 Å². The van der Waals surface area contributed by atoms with E-state index in [2.05, 4.69) is 4.98 Å². The van der Waals surface area contributed by atoms with Crippen molar-refractivity contribution in [3.63, 3.8) is 0 Å². The van der Waals surface area contributed by atoms with E-state index in [1.54, 1.807) is 17.5 Å². The standard InChI is InChI=1S/C12H10ClNOS/c13-11-7(6-15)5-14-12-10(11)8-3-1-2-4-9(8)16-12/h5-6H,1-4H2. The zero-order valence-electron chi connectivity index (χ0n) is 8.62. The summed E-state index contributed by atoms with van der Waals surface area (Å²) in [4.78, 5) is 17.5. The number of carbonyl (C=O) groups is 1. The summed E-state index contributed by atoms with van der Waals surface area (Å²) in [5.41, 5.74) is 1.83. The van der Waals surface area contributed by atoms with Crippen molar-refractivity contribution in [2.75, 3.05) is 0 Å². The Labute approximate surface area is 102 Å². The van der Waals surface area contributed by atoms with Gasteiger partial charge in [-0.2, -0.15) is 0 Å². The Bertz CT molecular complexity index is 576. The van der Waals surface area contributed by atoms with Gasteiger partial charge in [0.05, 0.1) is 10.6 Å². The smallest absolute Gasteiger partial charge is 0.153 e. The molecule has 1 aliphatic carbocycles. The number of rotatable bonds is 1. The van der Waals surface area contributed by atoms with Gasteiger partial charge >= 0.3 is 0 Å². The highest BCUT2D eigenvalue weighted by atomic mass is 35.5. The van der Waals surface area contributed by atoms with Crippen LogP contribution < -0.4 is 0 Å². The molecule has 0 unspecified atom stereocenters. The maximum absolute atomic E-state index is 10.8. The van der Waals surface area contributed by atoms with Crippen LogP contribution in [0.3, 0.4) is 0 Å². The second kappa shape index (κ2) is 3.82. The molecule has 1 aliphatic rings. The molecule has 0 fully saturated rings. The quantitative estimate of drug-likeness (QED) is 0.725. The van der Waals surface area contributed by atoms with E-state index < -0.39 is 0 Å². The molecule has 0 bridgehead atoms. The number of carbonyl (C=O) groups excluding carboxylic acids is 1. The SMILES string of the molecule is O=Cc1cnc2sc3c(c2c1Cl)CCCC3. The van der Waals surface area contributed by atoms with Crippen LogP contribution in [0.2, 0.25) is 5.02 Å². The summed E-state index contributed by atoms with van der Waals surface area (Å²) < 4.78 is 0. The third-order valence-corrected chi connectivity index (χ3v) is 4.68. The van der Waals surface area contributed by atoms with Crippen LogP contribution in [0.1, 0.15) is 33.6 Å². The highest BCUT2D eigenvalue weighted by molar-refractivity contribution is 7.19. The van der Waals surface area contributed by atoms with E-state index >= 15 is 0 Å². The maximum Gasteiger partial charge on any atom is 0.153 e. The molecule has 4 heteroatoms. The molecule has 3 rings (SSSR count). The Morgan fingerprint density at radius 1 is 1.38 bits per heavy atom. The van der Waals surface area contributed by atoms with Gasteiger partial charge in [0.1, 0.15) is 4.83 Å². The number of aryl methyl sites for hydroxylation is 2. The molecule has 82 valence electrons. The van der Waals surface area contributed by atoms with Gasteiger partial charge in [0.2, 0.25) is 0 Å². The molecule has 0 N–H and O–H groups in total. The number of halogens is 1. The average Bonchev–Trinajstić information content (AvgIpc) is 2.68. The molecule has 0 aliphatic heterocycles. The molecular weight excluding hydrogens is 242 g/mol. The van der Waals surface area contributed by atoms with Gasteiger partial charge in [0.15, 0.2) is 6.29 Å². The van der Waals surface area contributed by atoms with Crippen LogP contribution in [-0.4, -0.2) is 11.3 Å². The van der Waals surface area contributed by atoms with Crippen LogP contribution in [0, 0.1) is 0 Å².